The monoisotopic (exact) mass is 177 g/mol. The van der Waals surface area contributed by atoms with E-state index < -0.39 is 11.4 Å². The smallest absolute Gasteiger partial charge is 0.750 e. The summed E-state index contributed by atoms with van der Waals surface area (Å²) in [4.78, 5) is 10.9. The molecule has 0 rings (SSSR count). The van der Waals surface area contributed by atoms with Gasteiger partial charge in [0.15, 0.2) is 0 Å². The second kappa shape index (κ2) is 12.2. The molecular formula is C3H8NNaO4S. The Bertz CT molecular complexity index is 94.5. The predicted molar refractivity (Wildman–Crippen MR) is 31.3 cm³/mol. The zero-order valence-corrected chi connectivity index (χ0v) is 8.92. The van der Waals surface area contributed by atoms with Gasteiger partial charge in [-0.15, -0.1) is 0 Å². The first-order chi connectivity index (χ1) is 4.00. The van der Waals surface area contributed by atoms with Crippen LogP contribution in [-0.2, 0) is 16.2 Å². The number of amides is 1. The molecule has 0 aromatic rings. The molecule has 0 aliphatic rings. The molecule has 56 valence electrons. The van der Waals surface area contributed by atoms with Crippen LogP contribution in [0.5, 0.6) is 0 Å². The van der Waals surface area contributed by atoms with E-state index in [1.807, 2.05) is 0 Å². The summed E-state index contributed by atoms with van der Waals surface area (Å²) in [5.41, 5.74) is 0. The van der Waals surface area contributed by atoms with Gasteiger partial charge in [-0.2, -0.15) is 0 Å². The number of carbonyl (C=O) groups is 1. The predicted octanol–water partition coefficient (Wildman–Crippen LogP) is -3.95. The maximum atomic E-state index is 9.43. The van der Waals surface area contributed by atoms with Crippen LogP contribution in [0.1, 0.15) is 0 Å². The fourth-order valence-electron chi connectivity index (χ4n) is 0. The van der Waals surface area contributed by atoms with E-state index in [0.717, 1.165) is 6.41 Å². The molecule has 10 heavy (non-hydrogen) atoms. The molecule has 0 aliphatic heterocycles. The SMILES string of the molecule is CN(C)C=O.O=S([O-])O.[Na+]. The first kappa shape index (κ1) is 16.9. The van der Waals surface area contributed by atoms with E-state index in [2.05, 4.69) is 0 Å². The van der Waals surface area contributed by atoms with E-state index in [-0.39, 0.29) is 29.6 Å². The molecule has 0 spiro atoms. The minimum atomic E-state index is -2.86. The van der Waals surface area contributed by atoms with E-state index in [4.69, 9.17) is 13.3 Å². The van der Waals surface area contributed by atoms with E-state index in [1.165, 1.54) is 4.90 Å². The van der Waals surface area contributed by atoms with Crippen LogP contribution >= 0.6 is 0 Å². The van der Waals surface area contributed by atoms with E-state index in [0.29, 0.717) is 0 Å². The van der Waals surface area contributed by atoms with Crippen molar-refractivity contribution in [2.24, 2.45) is 0 Å². The van der Waals surface area contributed by atoms with Crippen molar-refractivity contribution in [2.45, 2.75) is 0 Å². The molecule has 7 heteroatoms. The van der Waals surface area contributed by atoms with Crippen LogP contribution in [0, 0.1) is 0 Å². The molecule has 1 N–H and O–H groups in total. The van der Waals surface area contributed by atoms with Gasteiger partial charge < -0.3 is 14.0 Å². The van der Waals surface area contributed by atoms with Crippen molar-refractivity contribution in [2.75, 3.05) is 14.1 Å². The third-order valence-electron chi connectivity index (χ3n) is 0.211. The Morgan fingerprint density at radius 3 is 1.70 bits per heavy atom. The third kappa shape index (κ3) is 75.3. The summed E-state index contributed by atoms with van der Waals surface area (Å²) in [6.45, 7) is 0. The molecule has 5 nitrogen and oxygen atoms in total. The second-order valence-corrected chi connectivity index (χ2v) is 1.72. The van der Waals surface area contributed by atoms with Crippen LogP contribution in [0.3, 0.4) is 0 Å². The van der Waals surface area contributed by atoms with Gasteiger partial charge in [0.25, 0.3) is 0 Å². The standard InChI is InChI=1S/C3H7NO.Na.H2O3S/c1-4(2)3-5;;1-4(2)3/h3H,1-2H3;;(H2,1,2,3)/q;+1;/p-1. The van der Waals surface area contributed by atoms with Crippen LogP contribution in [0.2, 0.25) is 0 Å². The summed E-state index contributed by atoms with van der Waals surface area (Å²) in [5, 5.41) is 0. The van der Waals surface area contributed by atoms with E-state index in [9.17, 15) is 4.79 Å². The summed E-state index contributed by atoms with van der Waals surface area (Å²) in [6, 6.07) is 0. The van der Waals surface area contributed by atoms with Crippen LogP contribution in [0.4, 0.5) is 0 Å². The topological polar surface area (TPSA) is 80.7 Å². The van der Waals surface area contributed by atoms with Crippen molar-refractivity contribution in [3.05, 3.63) is 0 Å². The number of nitrogens with zero attached hydrogens (tertiary/aromatic N) is 1. The van der Waals surface area contributed by atoms with Gasteiger partial charge in [0.05, 0.1) is 11.4 Å². The van der Waals surface area contributed by atoms with Crippen molar-refractivity contribution in [3.8, 4) is 0 Å². The quantitative estimate of drug-likeness (QED) is 0.252. The molecule has 1 amide bonds. The first-order valence-electron chi connectivity index (χ1n) is 1.90. The third-order valence-corrected chi connectivity index (χ3v) is 0.211. The molecule has 0 heterocycles. The number of hydrogen-bond donors (Lipinski definition) is 1. The Balaban J connectivity index is -0.0000000910. The molecule has 0 saturated heterocycles. The van der Waals surface area contributed by atoms with Crippen LogP contribution < -0.4 is 29.6 Å². The fourth-order valence-corrected chi connectivity index (χ4v) is 0. The normalized spacial score (nSPS) is 9.60. The van der Waals surface area contributed by atoms with Crippen LogP contribution in [-0.4, -0.2) is 38.7 Å². The van der Waals surface area contributed by atoms with Crippen molar-refractivity contribution in [3.63, 3.8) is 0 Å². The van der Waals surface area contributed by atoms with Crippen molar-refractivity contribution < 1.29 is 47.7 Å². The molecule has 0 saturated carbocycles. The molecule has 1 atom stereocenters. The molecular weight excluding hydrogens is 169 g/mol. The second-order valence-electron chi connectivity index (χ2n) is 1.29. The van der Waals surface area contributed by atoms with Gasteiger partial charge >= 0.3 is 29.6 Å². The maximum Gasteiger partial charge on any atom is 1.00 e. The Hall–Kier alpha value is 0.540. The molecule has 0 fully saturated rings. The number of hydrogen-bond acceptors (Lipinski definition) is 3. The summed E-state index contributed by atoms with van der Waals surface area (Å²) in [6.07, 6.45) is 0.750. The maximum absolute atomic E-state index is 9.43. The molecule has 0 aromatic carbocycles. The van der Waals surface area contributed by atoms with Crippen LogP contribution in [0.15, 0.2) is 0 Å². The van der Waals surface area contributed by atoms with Gasteiger partial charge in [-0.3, -0.25) is 4.79 Å². The molecule has 1 unspecified atom stereocenters. The molecule has 0 bridgehead atoms. The Kier molecular flexibility index (Phi) is 20.6. The summed E-state index contributed by atoms with van der Waals surface area (Å²) >= 11 is -2.86. The zero-order valence-electron chi connectivity index (χ0n) is 6.10. The Labute approximate surface area is 84.2 Å². The van der Waals surface area contributed by atoms with Gasteiger partial charge in [-0.05, 0) is 0 Å². The van der Waals surface area contributed by atoms with Gasteiger partial charge in [-0.25, -0.2) is 4.21 Å². The Morgan fingerprint density at radius 1 is 1.60 bits per heavy atom. The minimum Gasteiger partial charge on any atom is -0.750 e. The van der Waals surface area contributed by atoms with E-state index >= 15 is 0 Å². The first-order valence-corrected chi connectivity index (χ1v) is 2.94. The zero-order chi connectivity index (χ0) is 7.86. The number of rotatable bonds is 1. The van der Waals surface area contributed by atoms with Crippen molar-refractivity contribution in [1.82, 2.24) is 4.90 Å². The van der Waals surface area contributed by atoms with E-state index in [1.54, 1.807) is 14.1 Å². The summed E-state index contributed by atoms with van der Waals surface area (Å²) in [7, 11) is 3.38. The Morgan fingerprint density at radius 2 is 1.70 bits per heavy atom. The fraction of sp³-hybridized carbons (Fsp3) is 0.667. The summed E-state index contributed by atoms with van der Waals surface area (Å²) < 4.78 is 24.1. The minimum absolute atomic E-state index is 0. The van der Waals surface area contributed by atoms with Crippen LogP contribution in [0.25, 0.3) is 0 Å². The summed E-state index contributed by atoms with van der Waals surface area (Å²) in [5.74, 6) is 0. The molecule has 0 radical (unpaired) electrons. The van der Waals surface area contributed by atoms with Gasteiger partial charge in [-0.1, -0.05) is 0 Å². The molecule has 0 aliphatic carbocycles. The largest absolute Gasteiger partial charge is 1.00 e. The molecule has 0 aromatic heterocycles. The van der Waals surface area contributed by atoms with Crippen molar-refractivity contribution >= 4 is 17.8 Å². The van der Waals surface area contributed by atoms with Gasteiger partial charge in [0, 0.05) is 14.1 Å². The van der Waals surface area contributed by atoms with Crippen molar-refractivity contribution in [1.29, 1.82) is 0 Å². The number of carbonyl (C=O) groups excluding carboxylic acids is 1. The average molecular weight is 177 g/mol. The van der Waals surface area contributed by atoms with Gasteiger partial charge in [0.2, 0.25) is 6.41 Å². The average Bonchev–Trinajstić information content (AvgIpc) is 1.65. The van der Waals surface area contributed by atoms with Gasteiger partial charge in [0.1, 0.15) is 0 Å².